The molecule has 0 unspecified atom stereocenters. The Morgan fingerprint density at radius 2 is 1.17 bits per heavy atom. The monoisotopic (exact) mass is 388 g/mol. The summed E-state index contributed by atoms with van der Waals surface area (Å²) in [7, 11) is 0. The van der Waals surface area contributed by atoms with Crippen LogP contribution < -0.4 is 4.90 Å². The summed E-state index contributed by atoms with van der Waals surface area (Å²) in [5.74, 6) is 0. The van der Waals surface area contributed by atoms with E-state index in [0.29, 0.717) is 38.5 Å². The predicted molar refractivity (Wildman–Crippen MR) is 116 cm³/mol. The SMILES string of the molecule is c1ccc(COC[C@H]2CC[C@H](COCc3ccccc3)N2c2ccncc2)cc1. The molecule has 1 aliphatic rings. The summed E-state index contributed by atoms with van der Waals surface area (Å²) in [6, 6.07) is 25.6. The van der Waals surface area contributed by atoms with Gasteiger partial charge in [-0.1, -0.05) is 60.7 Å². The molecule has 4 heteroatoms. The third-order valence-electron chi connectivity index (χ3n) is 5.42. The molecule has 2 heterocycles. The number of pyridine rings is 1. The van der Waals surface area contributed by atoms with E-state index in [-0.39, 0.29) is 0 Å². The third kappa shape index (κ3) is 5.43. The fraction of sp³-hybridized carbons (Fsp3) is 0.320. The van der Waals surface area contributed by atoms with E-state index in [1.165, 1.54) is 16.8 Å². The van der Waals surface area contributed by atoms with Crippen LogP contribution in [0.5, 0.6) is 0 Å². The first-order valence-electron chi connectivity index (χ1n) is 10.3. The number of benzene rings is 2. The van der Waals surface area contributed by atoms with E-state index < -0.39 is 0 Å². The van der Waals surface area contributed by atoms with E-state index in [1.807, 2.05) is 24.5 Å². The van der Waals surface area contributed by atoms with Gasteiger partial charge in [0.05, 0.1) is 38.5 Å². The average molecular weight is 389 g/mol. The Morgan fingerprint density at radius 1 is 0.690 bits per heavy atom. The lowest BCUT2D eigenvalue weighted by molar-refractivity contribution is 0.0982. The number of nitrogens with zero attached hydrogens (tertiary/aromatic N) is 2. The van der Waals surface area contributed by atoms with E-state index in [9.17, 15) is 0 Å². The number of rotatable bonds is 9. The number of anilines is 1. The summed E-state index contributed by atoms with van der Waals surface area (Å²) in [6.45, 7) is 2.73. The second-order valence-electron chi connectivity index (χ2n) is 7.50. The molecule has 1 aliphatic heterocycles. The van der Waals surface area contributed by atoms with E-state index >= 15 is 0 Å². The van der Waals surface area contributed by atoms with Crippen LogP contribution in [0.15, 0.2) is 85.2 Å². The van der Waals surface area contributed by atoms with Crippen molar-refractivity contribution in [1.29, 1.82) is 0 Å². The van der Waals surface area contributed by atoms with Crippen molar-refractivity contribution >= 4 is 5.69 Å². The fourth-order valence-corrected chi connectivity index (χ4v) is 4.00. The van der Waals surface area contributed by atoms with Crippen molar-refractivity contribution in [1.82, 2.24) is 4.98 Å². The molecule has 2 aromatic carbocycles. The molecule has 4 nitrogen and oxygen atoms in total. The Bertz CT molecular complexity index is 789. The van der Waals surface area contributed by atoms with Gasteiger partial charge in [0.25, 0.3) is 0 Å². The normalized spacial score (nSPS) is 18.8. The molecule has 2 atom stereocenters. The second-order valence-corrected chi connectivity index (χ2v) is 7.50. The van der Waals surface area contributed by atoms with Crippen LogP contribution in [-0.4, -0.2) is 30.3 Å². The zero-order valence-corrected chi connectivity index (χ0v) is 16.7. The lowest BCUT2D eigenvalue weighted by atomic mass is 10.2. The maximum absolute atomic E-state index is 6.08. The highest BCUT2D eigenvalue weighted by molar-refractivity contribution is 5.48. The Hall–Kier alpha value is -2.69. The maximum atomic E-state index is 6.08. The summed E-state index contributed by atoms with van der Waals surface area (Å²) in [6.07, 6.45) is 5.93. The van der Waals surface area contributed by atoms with Crippen LogP contribution in [0.4, 0.5) is 5.69 Å². The number of hydrogen-bond donors (Lipinski definition) is 0. The average Bonchev–Trinajstić information content (AvgIpc) is 3.18. The Balaban J connectivity index is 1.36. The van der Waals surface area contributed by atoms with Crippen LogP contribution in [0.2, 0.25) is 0 Å². The van der Waals surface area contributed by atoms with Crippen molar-refractivity contribution in [3.63, 3.8) is 0 Å². The summed E-state index contributed by atoms with van der Waals surface area (Å²) >= 11 is 0. The van der Waals surface area contributed by atoms with Gasteiger partial charge in [0.1, 0.15) is 0 Å². The molecule has 3 aromatic rings. The molecule has 0 saturated carbocycles. The van der Waals surface area contributed by atoms with Crippen LogP contribution in [0.25, 0.3) is 0 Å². The molecule has 0 aliphatic carbocycles. The fourth-order valence-electron chi connectivity index (χ4n) is 4.00. The van der Waals surface area contributed by atoms with Crippen molar-refractivity contribution in [3.8, 4) is 0 Å². The van der Waals surface area contributed by atoms with Crippen LogP contribution >= 0.6 is 0 Å². The van der Waals surface area contributed by atoms with Crippen LogP contribution in [0.3, 0.4) is 0 Å². The van der Waals surface area contributed by atoms with Gasteiger partial charge in [-0.15, -0.1) is 0 Å². The number of aromatic nitrogens is 1. The molecule has 0 radical (unpaired) electrons. The Labute approximate surface area is 173 Å². The van der Waals surface area contributed by atoms with Gasteiger partial charge in [-0.25, -0.2) is 0 Å². The lowest BCUT2D eigenvalue weighted by Gasteiger charge is -2.32. The Kier molecular flexibility index (Phi) is 6.89. The largest absolute Gasteiger partial charge is 0.375 e. The molecule has 4 rings (SSSR count). The predicted octanol–water partition coefficient (Wildman–Crippen LogP) is 4.85. The van der Waals surface area contributed by atoms with Crippen molar-refractivity contribution in [3.05, 3.63) is 96.3 Å². The van der Waals surface area contributed by atoms with Crippen LogP contribution in [0.1, 0.15) is 24.0 Å². The van der Waals surface area contributed by atoms with Gasteiger partial charge < -0.3 is 14.4 Å². The standard InChI is InChI=1S/C25H28N2O2/c1-3-7-21(8-4-1)17-28-19-24-11-12-25(27(24)23-13-15-26-16-14-23)20-29-18-22-9-5-2-6-10-22/h1-10,13-16,24-25H,11-12,17-20H2/t24-,25-/m1/s1. The summed E-state index contributed by atoms with van der Waals surface area (Å²) in [5, 5.41) is 0. The minimum absolute atomic E-state index is 0.353. The number of hydrogen-bond acceptors (Lipinski definition) is 4. The van der Waals surface area contributed by atoms with Crippen LogP contribution in [0, 0.1) is 0 Å². The molecule has 0 N–H and O–H groups in total. The first-order chi connectivity index (χ1) is 14.4. The molecule has 1 fully saturated rings. The maximum Gasteiger partial charge on any atom is 0.0717 e. The van der Waals surface area contributed by atoms with Gasteiger partial charge in [0.2, 0.25) is 0 Å². The second kappa shape index (κ2) is 10.2. The van der Waals surface area contributed by atoms with Crippen molar-refractivity contribution in [2.45, 2.75) is 38.1 Å². The number of ether oxygens (including phenoxy) is 2. The first kappa shape index (κ1) is 19.6. The molecular formula is C25H28N2O2. The van der Waals surface area contributed by atoms with Gasteiger partial charge in [0.15, 0.2) is 0 Å². The lowest BCUT2D eigenvalue weighted by Crippen LogP contribution is -2.41. The van der Waals surface area contributed by atoms with Crippen molar-refractivity contribution < 1.29 is 9.47 Å². The van der Waals surface area contributed by atoms with Gasteiger partial charge in [-0.3, -0.25) is 4.98 Å². The van der Waals surface area contributed by atoms with E-state index in [1.54, 1.807) is 0 Å². The molecular weight excluding hydrogens is 360 g/mol. The van der Waals surface area contributed by atoms with Crippen molar-refractivity contribution in [2.24, 2.45) is 0 Å². The van der Waals surface area contributed by atoms with Gasteiger partial charge in [-0.2, -0.15) is 0 Å². The Morgan fingerprint density at radius 3 is 1.66 bits per heavy atom. The first-order valence-corrected chi connectivity index (χ1v) is 10.3. The molecule has 0 bridgehead atoms. The molecule has 1 saturated heterocycles. The van der Waals surface area contributed by atoms with Gasteiger partial charge >= 0.3 is 0 Å². The van der Waals surface area contributed by atoms with E-state index in [4.69, 9.17) is 9.47 Å². The third-order valence-corrected chi connectivity index (χ3v) is 5.42. The van der Waals surface area contributed by atoms with Gasteiger partial charge in [-0.05, 0) is 36.1 Å². The molecule has 29 heavy (non-hydrogen) atoms. The molecule has 0 amide bonds. The zero-order chi connectivity index (χ0) is 19.7. The topological polar surface area (TPSA) is 34.6 Å². The highest BCUT2D eigenvalue weighted by Gasteiger charge is 2.33. The molecule has 150 valence electrons. The zero-order valence-electron chi connectivity index (χ0n) is 16.7. The smallest absolute Gasteiger partial charge is 0.0717 e. The highest BCUT2D eigenvalue weighted by atomic mass is 16.5. The van der Waals surface area contributed by atoms with E-state index in [2.05, 4.69) is 70.5 Å². The molecule has 0 spiro atoms. The van der Waals surface area contributed by atoms with Crippen molar-refractivity contribution in [2.75, 3.05) is 18.1 Å². The quantitative estimate of drug-likeness (QED) is 0.525. The van der Waals surface area contributed by atoms with Crippen LogP contribution in [-0.2, 0) is 22.7 Å². The minimum atomic E-state index is 0.353. The summed E-state index contributed by atoms with van der Waals surface area (Å²) in [5.41, 5.74) is 3.62. The minimum Gasteiger partial charge on any atom is -0.375 e. The molecule has 1 aromatic heterocycles. The summed E-state index contributed by atoms with van der Waals surface area (Å²) < 4.78 is 12.2. The van der Waals surface area contributed by atoms with E-state index in [0.717, 1.165) is 12.8 Å². The highest BCUT2D eigenvalue weighted by Crippen LogP contribution is 2.31. The summed E-state index contributed by atoms with van der Waals surface area (Å²) in [4.78, 5) is 6.65. The van der Waals surface area contributed by atoms with Gasteiger partial charge in [0, 0.05) is 18.1 Å².